The lowest BCUT2D eigenvalue weighted by Gasteiger charge is -2.27. The monoisotopic (exact) mass is 443 g/mol. The van der Waals surface area contributed by atoms with Gasteiger partial charge in [0.15, 0.2) is 0 Å². The van der Waals surface area contributed by atoms with Crippen molar-refractivity contribution in [3.63, 3.8) is 0 Å². The zero-order valence-electron chi connectivity index (χ0n) is 16.8. The second kappa shape index (κ2) is 9.03. The van der Waals surface area contributed by atoms with E-state index in [1.165, 1.54) is 18.3 Å². The molecule has 1 aromatic carbocycles. The molecule has 0 spiro atoms. The zero-order chi connectivity index (χ0) is 21.8. The Labute approximate surface area is 184 Å². The van der Waals surface area contributed by atoms with Crippen LogP contribution < -0.4 is 15.5 Å². The number of aliphatic hydroxyl groups is 1. The summed E-state index contributed by atoms with van der Waals surface area (Å²) in [6.45, 7) is 0.751. The number of urea groups is 1. The fraction of sp³-hybridized carbons (Fsp3) is 0.318. The number of hydrogen-bond acceptors (Lipinski definition) is 5. The molecule has 2 atom stereocenters. The Morgan fingerprint density at radius 2 is 2.13 bits per heavy atom. The average Bonchev–Trinajstić information content (AvgIpc) is 3.23. The molecular formula is C22H23ClFN5O2. The van der Waals surface area contributed by atoms with Crippen molar-refractivity contribution in [2.75, 3.05) is 23.4 Å². The Morgan fingerprint density at radius 3 is 2.90 bits per heavy atom. The number of nitrogens with one attached hydrogen (secondary N) is 2. The lowest BCUT2D eigenvalue weighted by Crippen LogP contribution is -2.46. The number of benzene rings is 1. The van der Waals surface area contributed by atoms with Gasteiger partial charge in [0, 0.05) is 24.2 Å². The highest BCUT2D eigenvalue weighted by Crippen LogP contribution is 2.32. The number of alkyl halides is 1. The summed E-state index contributed by atoms with van der Waals surface area (Å²) < 4.78 is 15.4. The molecule has 9 heteroatoms. The molecule has 162 valence electrons. The van der Waals surface area contributed by atoms with Gasteiger partial charge in [-0.1, -0.05) is 35.9 Å². The van der Waals surface area contributed by atoms with Crippen molar-refractivity contribution >= 4 is 35.0 Å². The molecule has 4 rings (SSSR count). The van der Waals surface area contributed by atoms with Gasteiger partial charge >= 0.3 is 6.03 Å². The van der Waals surface area contributed by atoms with Gasteiger partial charge in [-0.2, -0.15) is 4.98 Å². The molecule has 31 heavy (non-hydrogen) atoms. The van der Waals surface area contributed by atoms with Crippen LogP contribution in [0.3, 0.4) is 0 Å². The smallest absolute Gasteiger partial charge is 0.323 e. The number of halogens is 2. The van der Waals surface area contributed by atoms with Gasteiger partial charge in [-0.3, -0.25) is 5.32 Å². The number of allylic oxidation sites excluding steroid dienone is 2. The van der Waals surface area contributed by atoms with Gasteiger partial charge in [0.05, 0.1) is 12.6 Å². The number of carbonyl (C=O) groups excluding carboxylic acids is 1. The Kier molecular flexibility index (Phi) is 6.20. The first kappa shape index (κ1) is 21.3. The summed E-state index contributed by atoms with van der Waals surface area (Å²) in [5, 5.41) is 15.1. The normalized spacial score (nSPS) is 22.9. The van der Waals surface area contributed by atoms with Crippen LogP contribution in [-0.2, 0) is 0 Å². The highest BCUT2D eigenvalue weighted by Gasteiger charge is 2.32. The molecule has 0 saturated carbocycles. The summed E-state index contributed by atoms with van der Waals surface area (Å²) >= 11 is 5.92. The molecule has 2 amide bonds. The van der Waals surface area contributed by atoms with E-state index in [9.17, 15) is 9.90 Å². The van der Waals surface area contributed by atoms with E-state index in [-0.39, 0.29) is 24.9 Å². The Morgan fingerprint density at radius 1 is 1.32 bits per heavy atom. The maximum Gasteiger partial charge on any atom is 0.323 e. The predicted octanol–water partition coefficient (Wildman–Crippen LogP) is 3.92. The molecule has 2 aromatic rings. The predicted molar refractivity (Wildman–Crippen MR) is 119 cm³/mol. The fourth-order valence-corrected chi connectivity index (χ4v) is 3.97. The molecule has 1 saturated heterocycles. The molecule has 0 radical (unpaired) electrons. The van der Waals surface area contributed by atoms with Crippen molar-refractivity contribution in [2.24, 2.45) is 0 Å². The molecule has 2 heterocycles. The number of anilines is 2. The van der Waals surface area contributed by atoms with E-state index in [0.29, 0.717) is 11.0 Å². The summed E-state index contributed by atoms with van der Waals surface area (Å²) in [6.07, 6.45) is 8.01. The van der Waals surface area contributed by atoms with E-state index in [0.717, 1.165) is 30.5 Å². The van der Waals surface area contributed by atoms with Gasteiger partial charge in [-0.25, -0.2) is 14.2 Å². The molecule has 1 aliphatic carbocycles. The molecule has 1 fully saturated rings. The second-order valence-electron chi connectivity index (χ2n) is 7.59. The van der Waals surface area contributed by atoms with Crippen LogP contribution in [0.1, 0.15) is 24.8 Å². The molecule has 1 unspecified atom stereocenters. The topological polar surface area (TPSA) is 90.4 Å². The van der Waals surface area contributed by atoms with Crippen LogP contribution >= 0.6 is 11.6 Å². The van der Waals surface area contributed by atoms with Crippen molar-refractivity contribution < 1.29 is 14.3 Å². The number of rotatable bonds is 5. The summed E-state index contributed by atoms with van der Waals surface area (Å²) in [5.41, 5.74) is 1.58. The minimum absolute atomic E-state index is 0.0144. The van der Waals surface area contributed by atoms with Crippen LogP contribution in [0.15, 0.2) is 54.8 Å². The van der Waals surface area contributed by atoms with Gasteiger partial charge in [0.25, 0.3) is 0 Å². The summed E-state index contributed by atoms with van der Waals surface area (Å²) in [4.78, 5) is 23.0. The molecule has 3 N–H and O–H groups in total. The van der Waals surface area contributed by atoms with Crippen molar-refractivity contribution in [3.05, 3.63) is 65.3 Å². The Bertz CT molecular complexity index is 1010. The van der Waals surface area contributed by atoms with E-state index in [4.69, 9.17) is 11.6 Å². The Hall–Kier alpha value is -2.97. The highest BCUT2D eigenvalue weighted by molar-refractivity contribution is 6.30. The van der Waals surface area contributed by atoms with E-state index in [1.54, 1.807) is 18.2 Å². The quantitative estimate of drug-likeness (QED) is 0.609. The van der Waals surface area contributed by atoms with Crippen LogP contribution in [0.5, 0.6) is 0 Å². The van der Waals surface area contributed by atoms with Crippen LogP contribution in [0, 0.1) is 0 Å². The van der Waals surface area contributed by atoms with E-state index >= 15 is 4.39 Å². The van der Waals surface area contributed by atoms with Gasteiger partial charge in [0.1, 0.15) is 5.82 Å². The zero-order valence-corrected chi connectivity index (χ0v) is 17.5. The standard InChI is InChI=1S/C22H23ClFN5O2/c23-17-7-5-15(6-8-17)16-3-1-10-22(24,13-16)28-21(31)27-19-9-11-25-20(26-19)29-12-2-4-18(29)14-30/h1,3,5-11,18,30H,2,4,12-14H2,(H2,25,26,27,28,31)/t18-,22?/m0/s1. The SMILES string of the molecule is O=C(Nc1ccnc(N2CCC[C@H]2CO)n1)NC1(F)C=CC=C(c2ccc(Cl)cc2)C1. The van der Waals surface area contributed by atoms with Gasteiger partial charge in [0.2, 0.25) is 11.7 Å². The first-order valence-corrected chi connectivity index (χ1v) is 10.5. The van der Waals surface area contributed by atoms with Crippen LogP contribution in [-0.4, -0.2) is 46.1 Å². The minimum Gasteiger partial charge on any atom is -0.394 e. The maximum atomic E-state index is 15.4. The van der Waals surface area contributed by atoms with Gasteiger partial charge in [-0.05, 0) is 48.3 Å². The first-order chi connectivity index (χ1) is 15.0. The first-order valence-electron chi connectivity index (χ1n) is 10.1. The van der Waals surface area contributed by atoms with Crippen LogP contribution in [0.2, 0.25) is 5.02 Å². The molecule has 0 bridgehead atoms. The van der Waals surface area contributed by atoms with Crippen molar-refractivity contribution in [2.45, 2.75) is 31.1 Å². The van der Waals surface area contributed by atoms with E-state index in [2.05, 4.69) is 20.6 Å². The molecule has 1 aliphatic heterocycles. The maximum absolute atomic E-state index is 15.4. The highest BCUT2D eigenvalue weighted by atomic mass is 35.5. The third-order valence-electron chi connectivity index (χ3n) is 5.37. The van der Waals surface area contributed by atoms with Crippen molar-refractivity contribution in [1.82, 2.24) is 15.3 Å². The number of aromatic nitrogens is 2. The lowest BCUT2D eigenvalue weighted by atomic mass is 9.93. The van der Waals surface area contributed by atoms with E-state index < -0.39 is 11.8 Å². The summed E-state index contributed by atoms with van der Waals surface area (Å²) in [5.74, 6) is -1.36. The largest absolute Gasteiger partial charge is 0.394 e. The number of amides is 2. The van der Waals surface area contributed by atoms with Crippen LogP contribution in [0.25, 0.3) is 5.57 Å². The number of nitrogens with zero attached hydrogens (tertiary/aromatic N) is 3. The number of aliphatic hydroxyl groups excluding tert-OH is 1. The molecule has 2 aliphatic rings. The second-order valence-corrected chi connectivity index (χ2v) is 8.03. The lowest BCUT2D eigenvalue weighted by molar-refractivity contribution is 0.182. The fourth-order valence-electron chi connectivity index (χ4n) is 3.84. The third-order valence-corrected chi connectivity index (χ3v) is 5.62. The summed E-state index contributed by atoms with van der Waals surface area (Å²) in [6, 6.07) is 7.89. The van der Waals surface area contributed by atoms with Crippen molar-refractivity contribution in [1.29, 1.82) is 0 Å². The minimum atomic E-state index is -2.04. The van der Waals surface area contributed by atoms with E-state index in [1.807, 2.05) is 23.1 Å². The van der Waals surface area contributed by atoms with Gasteiger partial charge < -0.3 is 15.3 Å². The third kappa shape index (κ3) is 5.03. The molecule has 7 nitrogen and oxygen atoms in total. The average molecular weight is 444 g/mol. The molecule has 1 aromatic heterocycles. The summed E-state index contributed by atoms with van der Waals surface area (Å²) in [7, 11) is 0. The van der Waals surface area contributed by atoms with Crippen LogP contribution in [0.4, 0.5) is 21.0 Å². The number of carbonyl (C=O) groups is 1. The van der Waals surface area contributed by atoms with Gasteiger partial charge in [-0.15, -0.1) is 0 Å². The number of hydrogen-bond donors (Lipinski definition) is 3. The van der Waals surface area contributed by atoms with Crippen molar-refractivity contribution in [3.8, 4) is 0 Å². The molecular weight excluding hydrogens is 421 g/mol. The Balaban J connectivity index is 1.41.